The van der Waals surface area contributed by atoms with Gasteiger partial charge in [-0.05, 0) is 13.0 Å². The molecule has 0 spiro atoms. The maximum atomic E-state index is 13.5. The monoisotopic (exact) mass is 848 g/mol. The van der Waals surface area contributed by atoms with E-state index in [9.17, 15) is 9.59 Å². The molecule has 3 aromatic carbocycles. The molecule has 50 heavy (non-hydrogen) atoms. The third kappa shape index (κ3) is 5.92. The fraction of sp³-hybridized carbons (Fsp3) is 0.114. The molecular weight excluding hydrogens is 814 g/mol. The number of hydrogen-bond donors (Lipinski definition) is 0. The number of ketones is 2. The van der Waals surface area contributed by atoms with E-state index in [2.05, 4.69) is 108 Å². The van der Waals surface area contributed by atoms with Gasteiger partial charge in [0, 0.05) is 0 Å². The van der Waals surface area contributed by atoms with E-state index in [1.54, 1.807) is 42.2 Å². The second-order valence-corrected chi connectivity index (χ2v) is 16.0. The summed E-state index contributed by atoms with van der Waals surface area (Å²) in [6, 6.07) is 35.1. The zero-order valence-electron chi connectivity index (χ0n) is 27.7. The predicted molar refractivity (Wildman–Crippen MR) is 198 cm³/mol. The molecule has 7 rings (SSSR count). The van der Waals surface area contributed by atoms with Gasteiger partial charge in [0.05, 0.1) is 0 Å². The molecule has 0 radical (unpaired) electrons. The van der Waals surface area contributed by atoms with Crippen molar-refractivity contribution in [2.45, 2.75) is 33.1 Å². The van der Waals surface area contributed by atoms with E-state index in [-0.39, 0.29) is 40.0 Å². The fourth-order valence-corrected chi connectivity index (χ4v) is 12.6. The van der Waals surface area contributed by atoms with Crippen LogP contribution in [0.5, 0.6) is 0 Å². The summed E-state index contributed by atoms with van der Waals surface area (Å²) in [6.07, 6.45) is 11.0. The van der Waals surface area contributed by atoms with Crippen LogP contribution in [-0.4, -0.2) is 11.6 Å². The Morgan fingerprint density at radius 3 is 1.82 bits per heavy atom. The molecule has 0 atom stereocenters. The molecule has 0 bridgehead atoms. The molecule has 0 saturated heterocycles. The molecule has 0 amide bonds. The minimum absolute atomic E-state index is 0.00877. The van der Waals surface area contributed by atoms with E-state index < -0.39 is 7.26 Å². The average molecular weight is 847 g/mol. The van der Waals surface area contributed by atoms with Gasteiger partial charge < -0.3 is 0 Å². The van der Waals surface area contributed by atoms with E-state index in [1.165, 1.54) is 27.1 Å². The van der Waals surface area contributed by atoms with Crippen molar-refractivity contribution in [1.29, 1.82) is 0 Å². The van der Waals surface area contributed by atoms with Crippen molar-refractivity contribution in [2.75, 3.05) is 0 Å². The summed E-state index contributed by atoms with van der Waals surface area (Å²) in [4.78, 5) is 26.9. The summed E-state index contributed by atoms with van der Waals surface area (Å²) in [5.74, 6) is 6.67. The zero-order valence-corrected chi connectivity index (χ0v) is 31.1. The van der Waals surface area contributed by atoms with E-state index in [1.807, 2.05) is 25.1 Å². The normalized spacial score (nSPS) is 16.2. The number of hydrogen-bond acceptors (Lipinski definition) is 4. The van der Waals surface area contributed by atoms with Crippen molar-refractivity contribution >= 4 is 40.8 Å². The first-order valence-corrected chi connectivity index (χ1v) is 19.6. The number of fused-ring (bicyclic) bond motifs is 2. The summed E-state index contributed by atoms with van der Waals surface area (Å²) >= 11 is 1.71. The molecule has 0 aliphatic heterocycles. The van der Waals surface area contributed by atoms with Gasteiger partial charge in [-0.25, -0.2) is 0 Å². The van der Waals surface area contributed by atoms with Gasteiger partial charge >= 0.3 is 285 Å². The van der Waals surface area contributed by atoms with Crippen LogP contribution in [0, 0.1) is 16.2 Å². The van der Waals surface area contributed by atoms with Crippen LogP contribution in [0.2, 0.25) is 0 Å². The molecule has 2 aliphatic rings. The van der Waals surface area contributed by atoms with Crippen molar-refractivity contribution < 1.29 is 36.4 Å². The number of benzene rings is 3. The van der Waals surface area contributed by atoms with Crippen molar-refractivity contribution in [2.24, 2.45) is 0 Å². The quantitative estimate of drug-likeness (QED) is 0.124. The minimum atomic E-state index is -2.54. The summed E-state index contributed by atoms with van der Waals surface area (Å²) in [6.45, 7) is 3.93. The predicted octanol–water partition coefficient (Wildman–Crippen LogP) is 8.84. The first kappa shape index (κ1) is 33.4. The summed E-state index contributed by atoms with van der Waals surface area (Å²) in [7, 11) is -2.54. The van der Waals surface area contributed by atoms with Crippen molar-refractivity contribution in [1.82, 2.24) is 0 Å². The van der Waals surface area contributed by atoms with Crippen LogP contribution in [0.1, 0.15) is 76.9 Å². The van der Waals surface area contributed by atoms with Gasteiger partial charge in [-0.15, -0.1) is 0 Å². The number of furan rings is 2. The third-order valence-corrected chi connectivity index (χ3v) is 14.5. The Morgan fingerprint density at radius 1 is 0.740 bits per heavy atom. The van der Waals surface area contributed by atoms with Gasteiger partial charge in [0.25, 0.3) is 0 Å². The Hall–Kier alpha value is -5.07. The average Bonchev–Trinajstić information content (AvgIpc) is 3.92. The first-order valence-electron chi connectivity index (χ1n) is 16.5. The molecular formula is C44H33O4OsP+. The Labute approximate surface area is 302 Å². The van der Waals surface area contributed by atoms with Crippen LogP contribution < -0.4 is 15.9 Å². The molecule has 1 saturated carbocycles. The molecule has 2 aliphatic carbocycles. The van der Waals surface area contributed by atoms with Crippen molar-refractivity contribution in [3.05, 3.63) is 178 Å². The van der Waals surface area contributed by atoms with E-state index in [0.29, 0.717) is 5.76 Å². The number of carbonyl (C=O) groups excluding carboxylic acids is 2. The number of rotatable bonds is 6. The van der Waals surface area contributed by atoms with Gasteiger partial charge in [0.2, 0.25) is 0 Å². The Kier molecular flexibility index (Phi) is 9.64. The summed E-state index contributed by atoms with van der Waals surface area (Å²) < 4.78 is 15.5. The fourth-order valence-electron chi connectivity index (χ4n) is 6.86. The SMILES string of the molecule is CC=C1CCCC1=CC(C#Cc1cc2c(o1)C(=O)c1cc(/C=C/C)oc1C2=O)=C([C]#[Os])[P+](c1ccccc1)(c1ccccc1)c1ccccc1. The second kappa shape index (κ2) is 14.4. The van der Waals surface area contributed by atoms with Crippen molar-refractivity contribution in [3.63, 3.8) is 0 Å². The van der Waals surface area contributed by atoms with E-state index in [0.717, 1.165) is 30.1 Å². The zero-order chi connectivity index (χ0) is 34.7. The van der Waals surface area contributed by atoms with Gasteiger partial charge in [-0.2, -0.15) is 0 Å². The van der Waals surface area contributed by atoms with Crippen LogP contribution in [0.15, 0.2) is 152 Å². The van der Waals surface area contributed by atoms with E-state index >= 15 is 0 Å². The van der Waals surface area contributed by atoms with Crippen molar-refractivity contribution in [3.8, 4) is 16.2 Å². The van der Waals surface area contributed by atoms with Crippen LogP contribution in [-0.2, 0) is 17.9 Å². The van der Waals surface area contributed by atoms with Crippen LogP contribution in [0.3, 0.4) is 0 Å². The molecule has 2 heterocycles. The Balaban J connectivity index is 1.48. The topological polar surface area (TPSA) is 60.4 Å². The van der Waals surface area contributed by atoms with Crippen LogP contribution in [0.4, 0.5) is 0 Å². The summed E-state index contributed by atoms with van der Waals surface area (Å²) in [5.41, 5.74) is 3.78. The molecule has 6 heteroatoms. The van der Waals surface area contributed by atoms with Gasteiger partial charge in [0.15, 0.2) is 0 Å². The molecule has 4 nitrogen and oxygen atoms in total. The maximum absolute atomic E-state index is 13.5. The molecule has 2 aromatic heterocycles. The number of allylic oxidation sites excluding steroid dienone is 7. The standard InChI is InChI=1S/C44H33O4P.Os/c1-4-16-34-28-39-41(45)44-40(42(46)43(39)47-34)29-35(48-44)26-25-32(27-33-18-15-17-31(33)5-2)30(3)49(36-19-9-6-10-20-36,37-21-11-7-12-22-37)38-23-13-8-14-24-38;/h4-14,16,19-24,27-29H,15,17-18H2,1-2H3;/q+1;/b16-4+,31-5?,32-30?,33-27?;. The molecule has 1 fully saturated rings. The molecule has 0 N–H and O–H groups in total. The van der Waals surface area contributed by atoms with Gasteiger partial charge in [0.1, 0.15) is 0 Å². The number of carbonyl (C=O) groups is 2. The van der Waals surface area contributed by atoms with Gasteiger partial charge in [-0.1, -0.05) is 6.08 Å². The molecule has 5 aromatic rings. The Morgan fingerprint density at radius 2 is 1.28 bits per heavy atom. The second-order valence-electron chi connectivity index (χ2n) is 12.0. The van der Waals surface area contributed by atoms with E-state index in [4.69, 9.17) is 8.83 Å². The van der Waals surface area contributed by atoms with Crippen LogP contribution in [0.25, 0.3) is 6.08 Å². The summed E-state index contributed by atoms with van der Waals surface area (Å²) in [5, 5.41) is 4.59. The Bertz CT molecular complexity index is 2200. The first-order chi connectivity index (χ1) is 24.5. The molecule has 0 unspecified atom stereocenters. The van der Waals surface area contributed by atoms with Gasteiger partial charge in [-0.3, -0.25) is 0 Å². The van der Waals surface area contributed by atoms with Crippen LogP contribution >= 0.6 is 7.26 Å². The third-order valence-electron chi connectivity index (χ3n) is 9.11. The molecule has 245 valence electrons.